The summed E-state index contributed by atoms with van der Waals surface area (Å²) in [5.74, 6) is -3.17. The Bertz CT molecular complexity index is 480. The van der Waals surface area contributed by atoms with Gasteiger partial charge in [-0.1, -0.05) is 6.07 Å². The number of carbonyl (C=O) groups excluding carboxylic acids is 1. The van der Waals surface area contributed by atoms with E-state index in [-0.39, 0.29) is 5.76 Å². The summed E-state index contributed by atoms with van der Waals surface area (Å²) in [5.41, 5.74) is 0.352. The lowest BCUT2D eigenvalue weighted by atomic mass is 10.1. The number of ketones is 1. The molecule has 0 saturated carbocycles. The molecular weight excluding hydrogens is 344 g/mol. The van der Waals surface area contributed by atoms with E-state index >= 15 is 0 Å². The number of aliphatic hydroxyl groups excluding tert-OH is 1. The molecule has 0 fully saturated rings. The second-order valence-corrected chi connectivity index (χ2v) is 4.54. The fraction of sp³-hybridized carbons (Fsp3) is 0. The van der Waals surface area contributed by atoms with Gasteiger partial charge >= 0.3 is 5.97 Å². The summed E-state index contributed by atoms with van der Waals surface area (Å²) in [7, 11) is 0. The maximum Gasteiger partial charge on any atom is 0.376 e. The van der Waals surface area contributed by atoms with Gasteiger partial charge in [-0.05, 0) is 44.0 Å². The predicted octanol–water partition coefficient (Wildman–Crippen LogP) is 2.76. The zero-order valence-corrected chi connectivity index (χ0v) is 10.9. The largest absolute Gasteiger partial charge is 0.507 e. The Balaban J connectivity index is 3.05. The van der Waals surface area contributed by atoms with Crippen molar-refractivity contribution in [3.8, 4) is 0 Å². The van der Waals surface area contributed by atoms with Crippen molar-refractivity contribution in [2.24, 2.45) is 0 Å². The molecule has 0 unspecified atom stereocenters. The number of carboxylic acids is 1. The number of rotatable bonds is 3. The van der Waals surface area contributed by atoms with Crippen LogP contribution in [-0.4, -0.2) is 22.0 Å². The average Bonchev–Trinajstić information content (AvgIpc) is 2.21. The highest BCUT2D eigenvalue weighted by Gasteiger charge is 2.11. The third kappa shape index (κ3) is 3.18. The van der Waals surface area contributed by atoms with Crippen molar-refractivity contribution in [2.45, 2.75) is 0 Å². The molecule has 0 aliphatic carbocycles. The van der Waals surface area contributed by atoms with Crippen LogP contribution in [0.15, 0.2) is 33.2 Å². The van der Waals surface area contributed by atoms with Crippen LogP contribution >= 0.6 is 31.9 Å². The van der Waals surface area contributed by atoms with Gasteiger partial charge in [0.05, 0.1) is 0 Å². The molecule has 0 bridgehead atoms. The van der Waals surface area contributed by atoms with Crippen LogP contribution in [0.1, 0.15) is 5.56 Å². The number of hydrogen-bond acceptors (Lipinski definition) is 3. The minimum atomic E-state index is -1.61. The summed E-state index contributed by atoms with van der Waals surface area (Å²) in [4.78, 5) is 21.1. The average molecular weight is 350 g/mol. The van der Waals surface area contributed by atoms with Crippen molar-refractivity contribution in [1.82, 2.24) is 0 Å². The van der Waals surface area contributed by atoms with Gasteiger partial charge in [-0.15, -0.1) is 0 Å². The highest BCUT2D eigenvalue weighted by molar-refractivity contribution is 9.13. The van der Waals surface area contributed by atoms with Gasteiger partial charge in [-0.2, -0.15) is 0 Å². The van der Waals surface area contributed by atoms with Gasteiger partial charge in [0.2, 0.25) is 0 Å². The van der Waals surface area contributed by atoms with Crippen molar-refractivity contribution in [3.05, 3.63) is 38.8 Å². The van der Waals surface area contributed by atoms with E-state index in [0.717, 1.165) is 4.47 Å². The Kier molecular flexibility index (Phi) is 4.26. The van der Waals surface area contributed by atoms with Crippen LogP contribution < -0.4 is 0 Å². The maximum absolute atomic E-state index is 10.8. The Morgan fingerprint density at radius 2 is 1.75 bits per heavy atom. The topological polar surface area (TPSA) is 74.6 Å². The summed E-state index contributed by atoms with van der Waals surface area (Å²) in [6, 6.07) is 4.77. The molecule has 0 spiro atoms. The van der Waals surface area contributed by atoms with E-state index in [2.05, 4.69) is 31.9 Å². The Labute approximate surface area is 108 Å². The number of carbonyl (C=O) groups is 2. The molecule has 6 heteroatoms. The molecule has 0 amide bonds. The van der Waals surface area contributed by atoms with E-state index in [4.69, 9.17) is 5.11 Å². The SMILES string of the molecule is O=C(O)C(=O)/C=C(\O)c1ccc(Br)c(Br)c1. The number of aliphatic carboxylic acids is 1. The van der Waals surface area contributed by atoms with E-state index in [1.54, 1.807) is 18.2 Å². The first kappa shape index (κ1) is 12.9. The number of benzene rings is 1. The molecule has 0 heterocycles. The second-order valence-electron chi connectivity index (χ2n) is 2.83. The van der Waals surface area contributed by atoms with E-state index < -0.39 is 11.8 Å². The van der Waals surface area contributed by atoms with Crippen molar-refractivity contribution in [3.63, 3.8) is 0 Å². The maximum atomic E-state index is 10.8. The first-order chi connectivity index (χ1) is 7.41. The smallest absolute Gasteiger partial charge is 0.376 e. The van der Waals surface area contributed by atoms with Crippen molar-refractivity contribution >= 4 is 49.4 Å². The third-order valence-electron chi connectivity index (χ3n) is 1.69. The molecule has 0 saturated heterocycles. The summed E-state index contributed by atoms with van der Waals surface area (Å²) in [6.45, 7) is 0. The molecule has 1 rings (SSSR count). The van der Waals surface area contributed by atoms with Crippen LogP contribution in [0.25, 0.3) is 5.76 Å². The highest BCUT2D eigenvalue weighted by atomic mass is 79.9. The summed E-state index contributed by atoms with van der Waals surface area (Å²) in [5, 5.41) is 17.9. The number of aliphatic hydroxyl groups is 1. The fourth-order valence-electron chi connectivity index (χ4n) is 0.925. The Morgan fingerprint density at radius 1 is 1.12 bits per heavy atom. The van der Waals surface area contributed by atoms with Crippen LogP contribution in [0.3, 0.4) is 0 Å². The summed E-state index contributed by atoms with van der Waals surface area (Å²) < 4.78 is 1.47. The molecule has 4 nitrogen and oxygen atoms in total. The zero-order chi connectivity index (χ0) is 12.3. The number of carboxylic acid groups (broad SMARTS) is 1. The monoisotopic (exact) mass is 348 g/mol. The Morgan fingerprint density at radius 3 is 2.25 bits per heavy atom. The molecule has 1 aromatic rings. The number of halogens is 2. The van der Waals surface area contributed by atoms with Gasteiger partial charge in [-0.25, -0.2) is 4.79 Å². The lowest BCUT2D eigenvalue weighted by molar-refractivity contribution is -0.146. The van der Waals surface area contributed by atoms with Crippen molar-refractivity contribution in [2.75, 3.05) is 0 Å². The zero-order valence-electron chi connectivity index (χ0n) is 7.78. The highest BCUT2D eigenvalue weighted by Crippen LogP contribution is 2.26. The molecule has 84 valence electrons. The lowest BCUT2D eigenvalue weighted by Crippen LogP contribution is -2.09. The van der Waals surface area contributed by atoms with Crippen molar-refractivity contribution < 1.29 is 19.8 Å². The molecule has 0 aliphatic heterocycles. The molecule has 0 atom stereocenters. The minimum absolute atomic E-state index is 0.352. The van der Waals surface area contributed by atoms with Crippen LogP contribution in [0, 0.1) is 0 Å². The van der Waals surface area contributed by atoms with Crippen LogP contribution in [-0.2, 0) is 9.59 Å². The van der Waals surface area contributed by atoms with Gasteiger partial charge in [-0.3, -0.25) is 4.79 Å². The molecule has 1 aromatic carbocycles. The van der Waals surface area contributed by atoms with Crippen LogP contribution in [0.4, 0.5) is 0 Å². The van der Waals surface area contributed by atoms with E-state index in [0.29, 0.717) is 16.1 Å². The van der Waals surface area contributed by atoms with Gasteiger partial charge in [0.25, 0.3) is 5.78 Å². The van der Waals surface area contributed by atoms with Gasteiger partial charge in [0, 0.05) is 20.6 Å². The molecule has 2 N–H and O–H groups in total. The van der Waals surface area contributed by atoms with Crippen LogP contribution in [0.5, 0.6) is 0 Å². The van der Waals surface area contributed by atoms with Crippen LogP contribution in [0.2, 0.25) is 0 Å². The molecular formula is C10H6Br2O4. The molecule has 16 heavy (non-hydrogen) atoms. The van der Waals surface area contributed by atoms with E-state index in [1.165, 1.54) is 0 Å². The standard InChI is InChI=1S/C10H6Br2O4/c11-6-2-1-5(3-7(6)12)8(13)4-9(14)10(15)16/h1-4,13H,(H,15,16)/b8-4-. The van der Waals surface area contributed by atoms with E-state index in [1.807, 2.05) is 0 Å². The normalized spacial score (nSPS) is 11.2. The predicted molar refractivity (Wildman–Crippen MR) is 65.1 cm³/mol. The minimum Gasteiger partial charge on any atom is -0.507 e. The Hall–Kier alpha value is -1.14. The van der Waals surface area contributed by atoms with Gasteiger partial charge in [0.15, 0.2) is 0 Å². The van der Waals surface area contributed by atoms with E-state index in [9.17, 15) is 14.7 Å². The number of hydrogen-bond donors (Lipinski definition) is 2. The van der Waals surface area contributed by atoms with Gasteiger partial charge < -0.3 is 10.2 Å². The fourth-order valence-corrected chi connectivity index (χ4v) is 1.55. The summed E-state index contributed by atoms with van der Waals surface area (Å²) in [6.07, 6.45) is 0.665. The molecule has 0 aliphatic rings. The summed E-state index contributed by atoms with van der Waals surface area (Å²) >= 11 is 6.47. The molecule has 0 radical (unpaired) electrons. The third-order valence-corrected chi connectivity index (χ3v) is 3.57. The molecule has 0 aromatic heterocycles. The van der Waals surface area contributed by atoms with Crippen molar-refractivity contribution in [1.29, 1.82) is 0 Å². The quantitative estimate of drug-likeness (QED) is 0.500. The first-order valence-corrected chi connectivity index (χ1v) is 5.63. The second kappa shape index (κ2) is 5.27. The first-order valence-electron chi connectivity index (χ1n) is 4.05. The van der Waals surface area contributed by atoms with Gasteiger partial charge in [0.1, 0.15) is 5.76 Å². The lowest BCUT2D eigenvalue weighted by Gasteiger charge is -2.01.